The Kier molecular flexibility index (Phi) is 6.79. The predicted molar refractivity (Wildman–Crippen MR) is 103 cm³/mol. The smallest absolute Gasteiger partial charge is 0.131 e. The number of rotatable bonds is 8. The Balaban J connectivity index is 2.68. The number of ether oxygens (including phenoxy) is 3. The SMILES string of the molecule is CCc1ccc(-c2cc(OC)ccc2F)c(C(OC)C(C)(C)COC)c1. The van der Waals surface area contributed by atoms with Crippen LogP contribution in [0.1, 0.15) is 38.0 Å². The Morgan fingerprint density at radius 3 is 2.31 bits per heavy atom. The molecule has 26 heavy (non-hydrogen) atoms. The zero-order valence-corrected chi connectivity index (χ0v) is 16.6. The molecule has 0 aliphatic rings. The lowest BCUT2D eigenvalue weighted by molar-refractivity contribution is -0.0364. The summed E-state index contributed by atoms with van der Waals surface area (Å²) in [6, 6.07) is 10.9. The number of hydrogen-bond acceptors (Lipinski definition) is 3. The summed E-state index contributed by atoms with van der Waals surface area (Å²) in [6.45, 7) is 6.82. The molecule has 0 saturated heterocycles. The van der Waals surface area contributed by atoms with Crippen molar-refractivity contribution in [1.82, 2.24) is 0 Å². The first-order chi connectivity index (χ1) is 12.4. The minimum absolute atomic E-state index is 0.241. The van der Waals surface area contributed by atoms with Crippen LogP contribution in [0.15, 0.2) is 36.4 Å². The van der Waals surface area contributed by atoms with Crippen LogP contribution in [0.3, 0.4) is 0 Å². The lowest BCUT2D eigenvalue weighted by atomic mass is 9.79. The first kappa shape index (κ1) is 20.4. The Morgan fingerprint density at radius 1 is 1.00 bits per heavy atom. The zero-order chi connectivity index (χ0) is 19.3. The average molecular weight is 360 g/mol. The molecule has 142 valence electrons. The van der Waals surface area contributed by atoms with Crippen LogP contribution >= 0.6 is 0 Å². The normalized spacial score (nSPS) is 12.9. The minimum atomic E-state index is -0.282. The van der Waals surface area contributed by atoms with Crippen molar-refractivity contribution in [3.8, 4) is 16.9 Å². The van der Waals surface area contributed by atoms with Gasteiger partial charge in [-0.15, -0.1) is 0 Å². The molecule has 0 N–H and O–H groups in total. The molecule has 2 rings (SSSR count). The van der Waals surface area contributed by atoms with E-state index in [2.05, 4.69) is 26.8 Å². The maximum Gasteiger partial charge on any atom is 0.131 e. The number of methoxy groups -OCH3 is 3. The third-order valence-electron chi connectivity index (χ3n) is 4.73. The van der Waals surface area contributed by atoms with Crippen molar-refractivity contribution in [1.29, 1.82) is 0 Å². The maximum atomic E-state index is 14.6. The molecule has 0 radical (unpaired) electrons. The molecule has 0 aliphatic heterocycles. The molecule has 2 aromatic carbocycles. The Bertz CT molecular complexity index is 740. The second kappa shape index (κ2) is 8.65. The van der Waals surface area contributed by atoms with Gasteiger partial charge in [0.2, 0.25) is 0 Å². The summed E-state index contributed by atoms with van der Waals surface area (Å²) in [5.41, 5.74) is 3.19. The van der Waals surface area contributed by atoms with Gasteiger partial charge in [0.25, 0.3) is 0 Å². The fourth-order valence-corrected chi connectivity index (χ4v) is 3.45. The van der Waals surface area contributed by atoms with Crippen molar-refractivity contribution in [2.75, 3.05) is 27.9 Å². The third-order valence-corrected chi connectivity index (χ3v) is 4.73. The van der Waals surface area contributed by atoms with Crippen molar-refractivity contribution in [3.63, 3.8) is 0 Å². The highest BCUT2D eigenvalue weighted by Gasteiger charge is 2.33. The molecular formula is C22H29FO3. The molecule has 0 spiro atoms. The second-order valence-electron chi connectivity index (χ2n) is 7.16. The van der Waals surface area contributed by atoms with E-state index in [9.17, 15) is 4.39 Å². The van der Waals surface area contributed by atoms with Gasteiger partial charge in [-0.05, 0) is 41.3 Å². The number of halogens is 1. The van der Waals surface area contributed by atoms with E-state index in [1.807, 2.05) is 12.1 Å². The van der Waals surface area contributed by atoms with Gasteiger partial charge in [-0.1, -0.05) is 39.0 Å². The molecule has 0 amide bonds. The molecule has 2 aromatic rings. The van der Waals surface area contributed by atoms with Crippen LogP contribution in [0.25, 0.3) is 11.1 Å². The molecule has 4 heteroatoms. The van der Waals surface area contributed by atoms with Gasteiger partial charge in [-0.25, -0.2) is 4.39 Å². The van der Waals surface area contributed by atoms with Crippen molar-refractivity contribution in [3.05, 3.63) is 53.3 Å². The number of aryl methyl sites for hydroxylation is 1. The van der Waals surface area contributed by atoms with Gasteiger partial charge in [0.1, 0.15) is 11.6 Å². The molecule has 0 heterocycles. The van der Waals surface area contributed by atoms with E-state index in [-0.39, 0.29) is 17.3 Å². The molecule has 1 atom stereocenters. The summed E-state index contributed by atoms with van der Waals surface area (Å²) < 4.78 is 31.2. The van der Waals surface area contributed by atoms with E-state index in [1.54, 1.807) is 33.5 Å². The van der Waals surface area contributed by atoms with Gasteiger partial charge in [-0.3, -0.25) is 0 Å². The highest BCUT2D eigenvalue weighted by molar-refractivity contribution is 5.70. The van der Waals surface area contributed by atoms with Gasteiger partial charge < -0.3 is 14.2 Å². The van der Waals surface area contributed by atoms with Crippen LogP contribution < -0.4 is 4.74 Å². The molecule has 0 aliphatic carbocycles. The van der Waals surface area contributed by atoms with E-state index in [0.29, 0.717) is 17.9 Å². The lowest BCUT2D eigenvalue weighted by Crippen LogP contribution is -2.29. The third kappa shape index (κ3) is 4.25. The number of benzene rings is 2. The maximum absolute atomic E-state index is 14.6. The van der Waals surface area contributed by atoms with Crippen LogP contribution in [0.5, 0.6) is 5.75 Å². The summed E-state index contributed by atoms with van der Waals surface area (Å²) in [5.74, 6) is 0.340. The summed E-state index contributed by atoms with van der Waals surface area (Å²) in [7, 11) is 4.95. The zero-order valence-electron chi connectivity index (χ0n) is 16.6. The van der Waals surface area contributed by atoms with E-state index in [0.717, 1.165) is 17.5 Å². The first-order valence-electron chi connectivity index (χ1n) is 8.86. The fourth-order valence-electron chi connectivity index (χ4n) is 3.45. The lowest BCUT2D eigenvalue weighted by Gasteiger charge is -2.34. The van der Waals surface area contributed by atoms with Gasteiger partial charge in [0.15, 0.2) is 0 Å². The fraction of sp³-hybridized carbons (Fsp3) is 0.455. The molecule has 0 aromatic heterocycles. The first-order valence-corrected chi connectivity index (χ1v) is 8.86. The van der Waals surface area contributed by atoms with E-state index >= 15 is 0 Å². The van der Waals surface area contributed by atoms with Crippen LogP contribution in [-0.2, 0) is 15.9 Å². The quantitative estimate of drug-likeness (QED) is 0.629. The Morgan fingerprint density at radius 2 is 1.73 bits per heavy atom. The van der Waals surface area contributed by atoms with Crippen molar-refractivity contribution in [2.45, 2.75) is 33.3 Å². The Labute approximate surface area is 156 Å². The van der Waals surface area contributed by atoms with E-state index in [1.165, 1.54) is 11.6 Å². The van der Waals surface area contributed by atoms with Crippen LogP contribution in [0.2, 0.25) is 0 Å². The Hall–Kier alpha value is -1.91. The van der Waals surface area contributed by atoms with Crippen LogP contribution in [-0.4, -0.2) is 27.9 Å². The molecule has 1 unspecified atom stereocenters. The van der Waals surface area contributed by atoms with Crippen LogP contribution in [0, 0.1) is 11.2 Å². The second-order valence-corrected chi connectivity index (χ2v) is 7.16. The molecule has 0 fully saturated rings. The van der Waals surface area contributed by atoms with E-state index in [4.69, 9.17) is 14.2 Å². The van der Waals surface area contributed by atoms with Crippen molar-refractivity contribution >= 4 is 0 Å². The van der Waals surface area contributed by atoms with Gasteiger partial charge in [0.05, 0.1) is 19.8 Å². The average Bonchev–Trinajstić information content (AvgIpc) is 2.62. The van der Waals surface area contributed by atoms with Gasteiger partial charge >= 0.3 is 0 Å². The van der Waals surface area contributed by atoms with Crippen LogP contribution in [0.4, 0.5) is 4.39 Å². The van der Waals surface area contributed by atoms with Crippen molar-refractivity contribution in [2.24, 2.45) is 5.41 Å². The highest BCUT2D eigenvalue weighted by Crippen LogP contribution is 2.42. The topological polar surface area (TPSA) is 27.7 Å². The summed E-state index contributed by atoms with van der Waals surface area (Å²) >= 11 is 0. The highest BCUT2D eigenvalue weighted by atomic mass is 19.1. The van der Waals surface area contributed by atoms with E-state index < -0.39 is 0 Å². The monoisotopic (exact) mass is 360 g/mol. The molecule has 3 nitrogen and oxygen atoms in total. The predicted octanol–water partition coefficient (Wildman–Crippen LogP) is 5.42. The minimum Gasteiger partial charge on any atom is -0.497 e. The number of hydrogen-bond donors (Lipinski definition) is 0. The van der Waals surface area contributed by atoms with Gasteiger partial charge in [0, 0.05) is 25.2 Å². The molecule has 0 saturated carbocycles. The summed E-state index contributed by atoms with van der Waals surface area (Å²) in [5, 5.41) is 0. The summed E-state index contributed by atoms with van der Waals surface area (Å²) in [6.07, 6.45) is 0.657. The molecular weight excluding hydrogens is 331 g/mol. The van der Waals surface area contributed by atoms with Crippen molar-refractivity contribution < 1.29 is 18.6 Å². The van der Waals surface area contributed by atoms with Gasteiger partial charge in [-0.2, -0.15) is 0 Å². The standard InChI is InChI=1S/C22H29FO3/c1-7-15-8-10-17(18-13-16(25-5)9-11-20(18)23)19(12-15)21(26-6)22(2,3)14-24-4/h8-13,21H,7,14H2,1-6H3. The largest absolute Gasteiger partial charge is 0.497 e. The summed E-state index contributed by atoms with van der Waals surface area (Å²) in [4.78, 5) is 0. The molecule has 0 bridgehead atoms.